The van der Waals surface area contributed by atoms with Crippen LogP contribution in [0.15, 0.2) is 109 Å². The van der Waals surface area contributed by atoms with Gasteiger partial charge in [0.25, 0.3) is 0 Å². The van der Waals surface area contributed by atoms with Crippen molar-refractivity contribution in [2.24, 2.45) is 0 Å². The maximum absolute atomic E-state index is 12.4. The summed E-state index contributed by atoms with van der Waals surface area (Å²) in [6.45, 7) is 4.14. The van der Waals surface area contributed by atoms with E-state index in [-0.39, 0.29) is 12.5 Å². The van der Waals surface area contributed by atoms with Crippen LogP contribution in [-0.4, -0.2) is 34.9 Å². The van der Waals surface area contributed by atoms with Gasteiger partial charge < -0.3 is 15.5 Å². The van der Waals surface area contributed by atoms with Crippen molar-refractivity contribution < 1.29 is 15.0 Å². The minimum Gasteiger partial charge on any atom is -0.394 e. The fourth-order valence-electron chi connectivity index (χ4n) is 5.86. The monoisotopic (exact) mass is 746 g/mol. The fraction of sp³-hybridized carbons (Fsp3) is 0.620. The smallest absolute Gasteiger partial charge is 0.220 e. The van der Waals surface area contributed by atoms with Crippen LogP contribution in [-0.2, 0) is 4.79 Å². The Morgan fingerprint density at radius 3 is 1.30 bits per heavy atom. The first-order valence-corrected chi connectivity index (χ1v) is 22.1. The molecule has 0 saturated heterocycles. The highest BCUT2D eigenvalue weighted by molar-refractivity contribution is 5.76. The summed E-state index contributed by atoms with van der Waals surface area (Å²) in [6.07, 6.45) is 67.6. The van der Waals surface area contributed by atoms with Crippen LogP contribution in [0.3, 0.4) is 0 Å². The van der Waals surface area contributed by atoms with Gasteiger partial charge in [-0.05, 0) is 96.3 Å². The minimum absolute atomic E-state index is 0.0932. The summed E-state index contributed by atoms with van der Waals surface area (Å²) in [7, 11) is 0. The van der Waals surface area contributed by atoms with Gasteiger partial charge in [-0.3, -0.25) is 4.79 Å². The van der Waals surface area contributed by atoms with Crippen LogP contribution >= 0.6 is 0 Å². The number of hydrogen-bond acceptors (Lipinski definition) is 3. The molecule has 0 bridgehead atoms. The van der Waals surface area contributed by atoms with Crippen LogP contribution in [0.4, 0.5) is 0 Å². The standard InChI is InChI=1S/C50H83NO3/c1-3-5-7-9-11-13-15-17-19-20-21-22-23-24-25-26-27-28-29-30-32-34-36-38-40-42-44-46-50(54)51-48(47-52)49(53)45-43-41-39-37-35-33-31-18-16-14-12-10-8-6-4-2/h5,7,11,13,16-19,21-22,24-25,27-28,35,37,43,45,48-49,52-53H,3-4,6,8-10,12,14-15,20,23,26,29-34,36,38-42,44,46-47H2,1-2H3,(H,51,54)/b7-5-,13-11-,18-16+,19-17-,22-21-,25-24-,28-27-,37-35+,45-43+. The number of carbonyl (C=O) groups excluding carboxylic acids is 1. The highest BCUT2D eigenvalue weighted by Crippen LogP contribution is 2.12. The van der Waals surface area contributed by atoms with Gasteiger partial charge in [-0.15, -0.1) is 0 Å². The first-order valence-electron chi connectivity index (χ1n) is 22.1. The summed E-state index contributed by atoms with van der Waals surface area (Å²) in [5.41, 5.74) is 0. The van der Waals surface area contributed by atoms with E-state index in [0.29, 0.717) is 6.42 Å². The summed E-state index contributed by atoms with van der Waals surface area (Å²) >= 11 is 0. The molecule has 0 aromatic heterocycles. The lowest BCUT2D eigenvalue weighted by Gasteiger charge is -2.19. The van der Waals surface area contributed by atoms with Crippen molar-refractivity contribution in [1.82, 2.24) is 5.32 Å². The Hall–Kier alpha value is -2.95. The van der Waals surface area contributed by atoms with Gasteiger partial charge in [0.2, 0.25) is 5.91 Å². The van der Waals surface area contributed by atoms with Crippen molar-refractivity contribution in [2.75, 3.05) is 6.61 Å². The molecule has 2 atom stereocenters. The van der Waals surface area contributed by atoms with E-state index < -0.39 is 12.1 Å². The number of amides is 1. The van der Waals surface area contributed by atoms with E-state index in [4.69, 9.17) is 0 Å². The molecule has 0 aliphatic heterocycles. The van der Waals surface area contributed by atoms with Crippen LogP contribution in [0.2, 0.25) is 0 Å². The quantitative estimate of drug-likeness (QED) is 0.0435. The molecule has 2 unspecified atom stereocenters. The normalized spacial score (nSPS) is 14.1. The third-order valence-corrected chi connectivity index (χ3v) is 9.22. The van der Waals surface area contributed by atoms with Gasteiger partial charge in [0.15, 0.2) is 0 Å². The molecule has 0 saturated carbocycles. The summed E-state index contributed by atoms with van der Waals surface area (Å²) in [4.78, 5) is 12.4. The van der Waals surface area contributed by atoms with Crippen LogP contribution < -0.4 is 5.32 Å². The van der Waals surface area contributed by atoms with E-state index in [1.807, 2.05) is 6.08 Å². The molecule has 1 amide bonds. The molecule has 0 rings (SSSR count). The van der Waals surface area contributed by atoms with Gasteiger partial charge >= 0.3 is 0 Å². The van der Waals surface area contributed by atoms with E-state index in [2.05, 4.69) is 116 Å². The summed E-state index contributed by atoms with van der Waals surface area (Å²) in [5.74, 6) is -0.0932. The maximum atomic E-state index is 12.4. The van der Waals surface area contributed by atoms with Crippen LogP contribution in [0.5, 0.6) is 0 Å². The predicted octanol–water partition coefficient (Wildman–Crippen LogP) is 14.0. The molecule has 3 N–H and O–H groups in total. The second kappa shape index (κ2) is 44.4. The van der Waals surface area contributed by atoms with Crippen LogP contribution in [0.1, 0.15) is 181 Å². The Bertz CT molecular complexity index is 1070. The molecule has 0 spiro atoms. The van der Waals surface area contributed by atoms with Crippen LogP contribution in [0, 0.1) is 0 Å². The second-order valence-electron chi connectivity index (χ2n) is 14.4. The number of carbonyl (C=O) groups is 1. The number of rotatable bonds is 38. The largest absolute Gasteiger partial charge is 0.394 e. The third-order valence-electron chi connectivity index (χ3n) is 9.22. The third kappa shape index (κ3) is 40.2. The lowest BCUT2D eigenvalue weighted by molar-refractivity contribution is -0.123. The first-order chi connectivity index (χ1) is 26.7. The molecule has 0 fully saturated rings. The molecule has 0 aromatic rings. The van der Waals surface area contributed by atoms with Gasteiger partial charge in [-0.2, -0.15) is 0 Å². The second-order valence-corrected chi connectivity index (χ2v) is 14.4. The highest BCUT2D eigenvalue weighted by Gasteiger charge is 2.17. The van der Waals surface area contributed by atoms with Crippen molar-refractivity contribution in [3.8, 4) is 0 Å². The van der Waals surface area contributed by atoms with E-state index >= 15 is 0 Å². The van der Waals surface area contributed by atoms with Gasteiger partial charge in [0, 0.05) is 6.42 Å². The van der Waals surface area contributed by atoms with Crippen molar-refractivity contribution in [1.29, 1.82) is 0 Å². The molecule has 54 heavy (non-hydrogen) atoms. The zero-order chi connectivity index (χ0) is 39.3. The van der Waals surface area contributed by atoms with E-state index in [1.54, 1.807) is 6.08 Å². The molecule has 0 aromatic carbocycles. The Morgan fingerprint density at radius 1 is 0.463 bits per heavy atom. The number of nitrogens with one attached hydrogen (secondary N) is 1. The lowest BCUT2D eigenvalue weighted by Crippen LogP contribution is -2.45. The van der Waals surface area contributed by atoms with Gasteiger partial charge in [0.05, 0.1) is 18.8 Å². The lowest BCUT2D eigenvalue weighted by atomic mass is 10.1. The number of hydrogen-bond donors (Lipinski definition) is 3. The van der Waals surface area contributed by atoms with Crippen molar-refractivity contribution in [2.45, 2.75) is 193 Å². The highest BCUT2D eigenvalue weighted by atomic mass is 16.3. The van der Waals surface area contributed by atoms with E-state index in [0.717, 1.165) is 89.9 Å². The molecule has 0 heterocycles. The molecular weight excluding hydrogens is 663 g/mol. The average Bonchev–Trinajstić information content (AvgIpc) is 3.18. The molecular formula is C50H83NO3. The zero-order valence-electron chi connectivity index (χ0n) is 34.9. The topological polar surface area (TPSA) is 69.6 Å². The Balaban J connectivity index is 3.70. The fourth-order valence-corrected chi connectivity index (χ4v) is 5.86. The number of unbranched alkanes of at least 4 members (excludes halogenated alkanes) is 15. The minimum atomic E-state index is -0.880. The molecule has 0 aliphatic rings. The SMILES string of the molecule is CC/C=C\C/C=C\C/C=C\C/C=C\C/C=C\C/C=C\CCCCCCCCCCC(=O)NC(CO)C(O)/C=C/CC/C=C/CC/C=C/CCCCCCC. The molecule has 306 valence electrons. The number of allylic oxidation sites excluding steroid dienone is 17. The summed E-state index contributed by atoms with van der Waals surface area (Å²) < 4.78 is 0. The zero-order valence-corrected chi connectivity index (χ0v) is 34.9. The van der Waals surface area contributed by atoms with Gasteiger partial charge in [-0.1, -0.05) is 187 Å². The van der Waals surface area contributed by atoms with E-state index in [9.17, 15) is 15.0 Å². The molecule has 4 nitrogen and oxygen atoms in total. The maximum Gasteiger partial charge on any atom is 0.220 e. The number of aliphatic hydroxyl groups excluding tert-OH is 2. The van der Waals surface area contributed by atoms with Gasteiger partial charge in [0.1, 0.15) is 0 Å². The van der Waals surface area contributed by atoms with Gasteiger partial charge in [-0.25, -0.2) is 0 Å². The van der Waals surface area contributed by atoms with Crippen LogP contribution in [0.25, 0.3) is 0 Å². The first kappa shape index (κ1) is 51.0. The van der Waals surface area contributed by atoms with Crippen molar-refractivity contribution in [3.05, 3.63) is 109 Å². The molecule has 4 heteroatoms. The Labute approximate surface area is 334 Å². The molecule has 0 aliphatic carbocycles. The Kier molecular flexibility index (Phi) is 42.0. The summed E-state index contributed by atoms with van der Waals surface area (Å²) in [6, 6.07) is -0.657. The predicted molar refractivity (Wildman–Crippen MR) is 239 cm³/mol. The van der Waals surface area contributed by atoms with Crippen molar-refractivity contribution >= 4 is 5.91 Å². The summed E-state index contributed by atoms with van der Waals surface area (Å²) in [5, 5.41) is 23.0. The Morgan fingerprint density at radius 2 is 0.833 bits per heavy atom. The average molecular weight is 746 g/mol. The number of aliphatic hydroxyl groups is 2. The van der Waals surface area contributed by atoms with E-state index in [1.165, 1.54) is 70.6 Å². The van der Waals surface area contributed by atoms with Crippen molar-refractivity contribution in [3.63, 3.8) is 0 Å². The molecule has 0 radical (unpaired) electrons.